The summed E-state index contributed by atoms with van der Waals surface area (Å²) >= 11 is 0. The largest absolute Gasteiger partial charge is 0.494 e. The van der Waals surface area contributed by atoms with Crippen molar-refractivity contribution < 1.29 is 14.3 Å². The van der Waals surface area contributed by atoms with E-state index in [0.717, 1.165) is 29.9 Å². The quantitative estimate of drug-likeness (QED) is 0.264. The lowest BCUT2D eigenvalue weighted by Crippen LogP contribution is -2.38. The number of nitrogens with one attached hydrogen (secondary N) is 1. The molecule has 1 unspecified atom stereocenters. The number of carbonyl (C=O) groups is 1. The topological polar surface area (TPSA) is 85.9 Å². The number of nitrogens with two attached hydrogens (primary N) is 1. The number of allylic oxidation sites excluding steroid dienone is 1. The first-order valence-corrected chi connectivity index (χ1v) is 10.2. The summed E-state index contributed by atoms with van der Waals surface area (Å²) in [5.74, 6) is 6.27. The predicted octanol–water partition coefficient (Wildman–Crippen LogP) is 4.38. The molecule has 0 amide bonds. The summed E-state index contributed by atoms with van der Waals surface area (Å²) in [6.07, 6.45) is 8.29. The summed E-state index contributed by atoms with van der Waals surface area (Å²) in [6, 6.07) is 7.99. The lowest BCUT2D eigenvalue weighted by molar-refractivity contribution is -0.140. The number of ether oxygens (including phenoxy) is 2. The zero-order valence-electron chi connectivity index (χ0n) is 17.9. The third-order valence-electron chi connectivity index (χ3n) is 4.78. The van der Waals surface area contributed by atoms with Crippen LogP contribution in [0.2, 0.25) is 0 Å². The second-order valence-corrected chi connectivity index (χ2v) is 7.86. The highest BCUT2D eigenvalue weighted by Gasteiger charge is 2.31. The van der Waals surface area contributed by atoms with Crippen molar-refractivity contribution in [3.8, 4) is 0 Å². The number of hydrogen-bond donors (Lipinski definition) is 2. The second kappa shape index (κ2) is 10.7. The lowest BCUT2D eigenvalue weighted by atomic mass is 9.82. The van der Waals surface area contributed by atoms with Crippen LogP contribution in [0.5, 0.6) is 0 Å². The molecule has 0 spiro atoms. The van der Waals surface area contributed by atoms with Gasteiger partial charge in [-0.1, -0.05) is 38.5 Å². The first-order chi connectivity index (χ1) is 13.9. The molecule has 0 aliphatic heterocycles. The van der Waals surface area contributed by atoms with Crippen LogP contribution in [0.4, 0.5) is 5.69 Å². The van der Waals surface area contributed by atoms with Crippen molar-refractivity contribution in [2.45, 2.75) is 52.5 Å². The van der Waals surface area contributed by atoms with E-state index >= 15 is 0 Å². The van der Waals surface area contributed by atoms with Crippen molar-refractivity contribution in [3.63, 3.8) is 0 Å². The molecule has 0 fully saturated rings. The van der Waals surface area contributed by atoms with E-state index in [1.807, 2.05) is 24.3 Å². The molecule has 0 heterocycles. The third-order valence-corrected chi connectivity index (χ3v) is 4.78. The van der Waals surface area contributed by atoms with E-state index in [4.69, 9.17) is 15.3 Å². The van der Waals surface area contributed by atoms with Crippen molar-refractivity contribution in [1.29, 1.82) is 0 Å². The SMILES string of the molecule is CCC1(Nc2ccc(C=NN)cc2)C=C(OCC(C)C)C=C(CCOC(C)=O)C1. The smallest absolute Gasteiger partial charge is 0.302 e. The number of esters is 1. The van der Waals surface area contributed by atoms with Crippen LogP contribution in [0.1, 0.15) is 52.5 Å². The number of carbonyl (C=O) groups excluding carboxylic acids is 1. The maximum absolute atomic E-state index is 11.1. The molecule has 2 rings (SSSR count). The fourth-order valence-electron chi connectivity index (χ4n) is 3.28. The lowest BCUT2D eigenvalue weighted by Gasteiger charge is -2.36. The van der Waals surface area contributed by atoms with E-state index in [1.165, 1.54) is 12.5 Å². The van der Waals surface area contributed by atoms with Crippen molar-refractivity contribution in [3.05, 3.63) is 53.3 Å². The van der Waals surface area contributed by atoms with Gasteiger partial charge in [0.05, 0.1) is 25.0 Å². The third kappa shape index (κ3) is 7.29. The summed E-state index contributed by atoms with van der Waals surface area (Å²) in [5.41, 5.74) is 2.90. The minimum atomic E-state index is -0.268. The van der Waals surface area contributed by atoms with Gasteiger partial charge in [0.15, 0.2) is 0 Å². The van der Waals surface area contributed by atoms with Gasteiger partial charge in [0.2, 0.25) is 0 Å². The second-order valence-electron chi connectivity index (χ2n) is 7.86. The molecule has 0 radical (unpaired) electrons. The average Bonchev–Trinajstić information content (AvgIpc) is 2.68. The van der Waals surface area contributed by atoms with Crippen LogP contribution in [0.15, 0.2) is 52.9 Å². The van der Waals surface area contributed by atoms with E-state index in [2.05, 4.69) is 43.3 Å². The van der Waals surface area contributed by atoms with Crippen LogP contribution in [0, 0.1) is 5.92 Å². The molecule has 6 heteroatoms. The Kier molecular flexibility index (Phi) is 8.31. The molecule has 1 atom stereocenters. The van der Waals surface area contributed by atoms with E-state index in [9.17, 15) is 4.79 Å². The van der Waals surface area contributed by atoms with Crippen LogP contribution in [0.25, 0.3) is 0 Å². The Balaban J connectivity index is 2.21. The summed E-state index contributed by atoms with van der Waals surface area (Å²) in [5, 5.41) is 7.24. The Morgan fingerprint density at radius 2 is 2.07 bits per heavy atom. The maximum Gasteiger partial charge on any atom is 0.302 e. The Bertz CT molecular complexity index is 766. The van der Waals surface area contributed by atoms with Crippen molar-refractivity contribution in [2.24, 2.45) is 16.9 Å². The Hall–Kier alpha value is -2.76. The minimum absolute atomic E-state index is 0.255. The Morgan fingerprint density at radius 3 is 2.66 bits per heavy atom. The van der Waals surface area contributed by atoms with Crippen LogP contribution in [-0.4, -0.2) is 30.9 Å². The fraction of sp³-hybridized carbons (Fsp3) is 0.478. The van der Waals surface area contributed by atoms with Gasteiger partial charge in [-0.25, -0.2) is 0 Å². The summed E-state index contributed by atoms with van der Waals surface area (Å²) in [4.78, 5) is 11.1. The molecule has 6 nitrogen and oxygen atoms in total. The van der Waals surface area contributed by atoms with E-state index in [-0.39, 0.29) is 11.5 Å². The van der Waals surface area contributed by atoms with Crippen LogP contribution in [0.3, 0.4) is 0 Å². The minimum Gasteiger partial charge on any atom is -0.494 e. The van der Waals surface area contributed by atoms with E-state index in [0.29, 0.717) is 25.6 Å². The molecule has 1 aromatic rings. The van der Waals surface area contributed by atoms with Crippen molar-refractivity contribution in [2.75, 3.05) is 18.5 Å². The number of hydrazone groups is 1. The molecule has 1 aliphatic carbocycles. The molecular formula is C23H33N3O3. The van der Waals surface area contributed by atoms with E-state index in [1.54, 1.807) is 6.21 Å². The van der Waals surface area contributed by atoms with Gasteiger partial charge in [0, 0.05) is 19.0 Å². The molecule has 0 bridgehead atoms. The number of hydrogen-bond acceptors (Lipinski definition) is 6. The van der Waals surface area contributed by atoms with Gasteiger partial charge in [0.1, 0.15) is 5.76 Å². The number of anilines is 1. The molecule has 1 aromatic carbocycles. The molecule has 3 N–H and O–H groups in total. The summed E-state index contributed by atoms with van der Waals surface area (Å²) in [7, 11) is 0. The normalized spacial score (nSPS) is 19.1. The molecule has 1 aliphatic rings. The number of rotatable bonds is 10. The highest BCUT2D eigenvalue weighted by Crippen LogP contribution is 2.34. The van der Waals surface area contributed by atoms with Gasteiger partial charge < -0.3 is 20.6 Å². The van der Waals surface area contributed by atoms with Crippen LogP contribution in [-0.2, 0) is 14.3 Å². The van der Waals surface area contributed by atoms with Gasteiger partial charge in [-0.05, 0) is 48.6 Å². The average molecular weight is 400 g/mol. The first-order valence-electron chi connectivity index (χ1n) is 10.2. The van der Waals surface area contributed by atoms with Gasteiger partial charge >= 0.3 is 5.97 Å². The molecule has 0 saturated carbocycles. The molecule has 0 aromatic heterocycles. The molecule has 29 heavy (non-hydrogen) atoms. The van der Waals surface area contributed by atoms with Crippen molar-refractivity contribution >= 4 is 17.9 Å². The molecular weight excluding hydrogens is 366 g/mol. The Morgan fingerprint density at radius 1 is 1.34 bits per heavy atom. The van der Waals surface area contributed by atoms with Gasteiger partial charge in [-0.3, -0.25) is 4.79 Å². The Labute approximate surface area is 173 Å². The summed E-state index contributed by atoms with van der Waals surface area (Å²) < 4.78 is 11.2. The fourth-order valence-corrected chi connectivity index (χ4v) is 3.28. The van der Waals surface area contributed by atoms with Crippen LogP contribution >= 0.6 is 0 Å². The van der Waals surface area contributed by atoms with Gasteiger partial charge in [-0.2, -0.15) is 5.10 Å². The monoisotopic (exact) mass is 399 g/mol. The molecule has 0 saturated heterocycles. The first kappa shape index (κ1) is 22.5. The van der Waals surface area contributed by atoms with Crippen LogP contribution < -0.4 is 11.2 Å². The highest BCUT2D eigenvalue weighted by atomic mass is 16.5. The summed E-state index contributed by atoms with van der Waals surface area (Å²) in [6.45, 7) is 8.90. The van der Waals surface area contributed by atoms with Gasteiger partial charge in [0.25, 0.3) is 0 Å². The predicted molar refractivity (Wildman–Crippen MR) is 118 cm³/mol. The zero-order valence-corrected chi connectivity index (χ0v) is 17.9. The van der Waals surface area contributed by atoms with E-state index < -0.39 is 0 Å². The maximum atomic E-state index is 11.1. The highest BCUT2D eigenvalue weighted by molar-refractivity contribution is 5.80. The van der Waals surface area contributed by atoms with Crippen molar-refractivity contribution in [1.82, 2.24) is 0 Å². The number of benzene rings is 1. The standard InChI is InChI=1S/C23H33N3O3/c1-5-23(26-21-8-6-19(7-9-21)15-25-24)13-20(10-11-28-18(4)27)12-22(14-23)29-16-17(2)3/h6-9,12,14-15,17,26H,5,10-11,13,16,24H2,1-4H3. The molecule has 158 valence electrons. The number of nitrogens with zero attached hydrogens (tertiary/aromatic N) is 1. The zero-order chi connectivity index (χ0) is 21.3. The van der Waals surface area contributed by atoms with Gasteiger partial charge in [-0.15, -0.1) is 0 Å².